The first kappa shape index (κ1) is 23.9. The number of hydrazone groups is 1. The number of rotatable bonds is 8. The van der Waals surface area contributed by atoms with Crippen LogP contribution in [0.2, 0.25) is 0 Å². The topological polar surface area (TPSA) is 118 Å². The molecule has 31 heavy (non-hydrogen) atoms. The number of benzene rings is 2. The van der Waals surface area contributed by atoms with Crippen molar-refractivity contribution < 1.29 is 23.9 Å². The van der Waals surface area contributed by atoms with Crippen LogP contribution in [-0.4, -0.2) is 43.7 Å². The van der Waals surface area contributed by atoms with Crippen molar-refractivity contribution in [2.24, 2.45) is 5.10 Å². The number of carbonyl (C=O) groups is 3. The van der Waals surface area contributed by atoms with Gasteiger partial charge in [0, 0.05) is 11.7 Å². The third-order valence-corrected chi connectivity index (χ3v) is 4.25. The van der Waals surface area contributed by atoms with Crippen molar-refractivity contribution in [2.45, 2.75) is 19.9 Å². The number of para-hydroxylation sites is 1. The standard InChI is InChI=1S/C21H23BrN4O5/c1-13(2)24-20(28)21(29)26-23-11-14-9-16(22)19(17(10-14)30-3)31-12-18(27)25-15-7-5-4-6-8-15/h4-11,13H,12H2,1-3H3,(H,24,28)(H,25,27)(H,26,29)/b23-11-. The smallest absolute Gasteiger partial charge is 0.329 e. The summed E-state index contributed by atoms with van der Waals surface area (Å²) in [5.41, 5.74) is 3.38. The molecule has 2 aromatic rings. The maximum absolute atomic E-state index is 12.1. The molecule has 0 heterocycles. The molecule has 2 aromatic carbocycles. The van der Waals surface area contributed by atoms with Gasteiger partial charge in [-0.25, -0.2) is 5.43 Å². The molecule has 0 aromatic heterocycles. The first-order chi connectivity index (χ1) is 14.8. The van der Waals surface area contributed by atoms with Gasteiger partial charge in [-0.15, -0.1) is 0 Å². The Morgan fingerprint density at radius 1 is 1.13 bits per heavy atom. The van der Waals surface area contributed by atoms with E-state index in [-0.39, 0.29) is 18.6 Å². The molecule has 0 spiro atoms. The van der Waals surface area contributed by atoms with Crippen LogP contribution in [0.25, 0.3) is 0 Å². The van der Waals surface area contributed by atoms with E-state index in [0.29, 0.717) is 27.2 Å². The van der Waals surface area contributed by atoms with Crippen LogP contribution >= 0.6 is 15.9 Å². The zero-order chi connectivity index (χ0) is 22.8. The quantitative estimate of drug-likeness (QED) is 0.298. The highest BCUT2D eigenvalue weighted by Gasteiger charge is 2.15. The van der Waals surface area contributed by atoms with E-state index < -0.39 is 11.8 Å². The summed E-state index contributed by atoms with van der Waals surface area (Å²) in [7, 11) is 1.46. The van der Waals surface area contributed by atoms with Crippen LogP contribution in [0.4, 0.5) is 5.69 Å². The number of carbonyl (C=O) groups excluding carboxylic acids is 3. The fourth-order valence-corrected chi connectivity index (χ4v) is 2.93. The molecule has 10 heteroatoms. The summed E-state index contributed by atoms with van der Waals surface area (Å²) in [6, 6.07) is 12.1. The van der Waals surface area contributed by atoms with E-state index in [0.717, 1.165) is 0 Å². The maximum Gasteiger partial charge on any atom is 0.329 e. The van der Waals surface area contributed by atoms with Crippen molar-refractivity contribution >= 4 is 45.6 Å². The van der Waals surface area contributed by atoms with Gasteiger partial charge in [0.15, 0.2) is 18.1 Å². The molecule has 0 atom stereocenters. The summed E-state index contributed by atoms with van der Waals surface area (Å²) in [6.45, 7) is 3.26. The molecule has 0 saturated heterocycles. The minimum atomic E-state index is -0.875. The number of hydrogen-bond donors (Lipinski definition) is 3. The molecule has 0 fully saturated rings. The second-order valence-corrected chi connectivity index (χ2v) is 7.42. The molecule has 0 aliphatic heterocycles. The van der Waals surface area contributed by atoms with Crippen molar-refractivity contribution in [3.05, 3.63) is 52.5 Å². The van der Waals surface area contributed by atoms with Gasteiger partial charge in [-0.1, -0.05) is 18.2 Å². The number of nitrogens with zero attached hydrogens (tertiary/aromatic N) is 1. The predicted molar refractivity (Wildman–Crippen MR) is 120 cm³/mol. The van der Waals surface area contributed by atoms with Crippen molar-refractivity contribution in [3.63, 3.8) is 0 Å². The Balaban J connectivity index is 2.00. The Kier molecular flexibility index (Phi) is 9.01. The van der Waals surface area contributed by atoms with Crippen LogP contribution in [0.15, 0.2) is 52.0 Å². The number of amides is 3. The van der Waals surface area contributed by atoms with Gasteiger partial charge in [-0.05, 0) is 59.6 Å². The molecular weight excluding hydrogens is 468 g/mol. The van der Waals surface area contributed by atoms with E-state index in [1.165, 1.54) is 13.3 Å². The number of ether oxygens (including phenoxy) is 2. The highest BCUT2D eigenvalue weighted by molar-refractivity contribution is 9.10. The highest BCUT2D eigenvalue weighted by Crippen LogP contribution is 2.36. The third-order valence-electron chi connectivity index (χ3n) is 3.66. The molecule has 164 valence electrons. The molecule has 0 unspecified atom stereocenters. The SMILES string of the molecule is COc1cc(/C=N\NC(=O)C(=O)NC(C)C)cc(Br)c1OCC(=O)Nc1ccccc1. The van der Waals surface area contributed by atoms with Gasteiger partial charge in [-0.2, -0.15) is 5.10 Å². The molecule has 0 aliphatic rings. The number of nitrogens with one attached hydrogen (secondary N) is 3. The molecule has 0 radical (unpaired) electrons. The minimum absolute atomic E-state index is 0.162. The van der Waals surface area contributed by atoms with Gasteiger partial charge in [0.25, 0.3) is 5.91 Å². The average molecular weight is 491 g/mol. The van der Waals surface area contributed by atoms with E-state index in [2.05, 4.69) is 37.1 Å². The highest BCUT2D eigenvalue weighted by atomic mass is 79.9. The van der Waals surface area contributed by atoms with Gasteiger partial charge in [0.1, 0.15) is 0 Å². The van der Waals surface area contributed by atoms with E-state index in [4.69, 9.17) is 9.47 Å². The molecular formula is C21H23BrN4O5. The van der Waals surface area contributed by atoms with Crippen molar-refractivity contribution in [3.8, 4) is 11.5 Å². The van der Waals surface area contributed by atoms with Crippen LogP contribution in [0.1, 0.15) is 19.4 Å². The number of hydrogen-bond acceptors (Lipinski definition) is 6. The Morgan fingerprint density at radius 2 is 1.84 bits per heavy atom. The zero-order valence-electron chi connectivity index (χ0n) is 17.3. The molecule has 2 rings (SSSR count). The Morgan fingerprint density at radius 3 is 2.48 bits per heavy atom. The number of halogens is 1. The Hall–Kier alpha value is -3.40. The first-order valence-corrected chi connectivity index (χ1v) is 10.1. The molecule has 0 bridgehead atoms. The summed E-state index contributed by atoms with van der Waals surface area (Å²) in [4.78, 5) is 35.3. The lowest BCUT2D eigenvalue weighted by atomic mass is 10.2. The van der Waals surface area contributed by atoms with Crippen LogP contribution < -0.4 is 25.5 Å². The fourth-order valence-electron chi connectivity index (χ4n) is 2.35. The van der Waals surface area contributed by atoms with E-state index in [1.54, 1.807) is 38.1 Å². The fraction of sp³-hybridized carbons (Fsp3) is 0.238. The van der Waals surface area contributed by atoms with Crippen LogP contribution in [0, 0.1) is 0 Å². The molecule has 3 N–H and O–H groups in total. The van der Waals surface area contributed by atoms with E-state index in [1.807, 2.05) is 18.2 Å². The van der Waals surface area contributed by atoms with Crippen LogP contribution in [0.5, 0.6) is 11.5 Å². The van der Waals surface area contributed by atoms with E-state index >= 15 is 0 Å². The van der Waals surface area contributed by atoms with Gasteiger partial charge in [-0.3, -0.25) is 14.4 Å². The van der Waals surface area contributed by atoms with Gasteiger partial charge < -0.3 is 20.1 Å². The largest absolute Gasteiger partial charge is 0.493 e. The lowest BCUT2D eigenvalue weighted by Crippen LogP contribution is -2.41. The van der Waals surface area contributed by atoms with Gasteiger partial charge >= 0.3 is 11.8 Å². The Labute approximate surface area is 188 Å². The second-order valence-electron chi connectivity index (χ2n) is 6.56. The summed E-state index contributed by atoms with van der Waals surface area (Å²) < 4.78 is 11.5. The predicted octanol–water partition coefficient (Wildman–Crippen LogP) is 2.45. The molecule has 0 aliphatic carbocycles. The number of anilines is 1. The molecule has 3 amide bonds. The summed E-state index contributed by atoms with van der Waals surface area (Å²) >= 11 is 3.38. The third kappa shape index (κ3) is 7.74. The first-order valence-electron chi connectivity index (χ1n) is 9.29. The minimum Gasteiger partial charge on any atom is -0.493 e. The lowest BCUT2D eigenvalue weighted by Gasteiger charge is -2.13. The zero-order valence-corrected chi connectivity index (χ0v) is 18.9. The van der Waals surface area contributed by atoms with Crippen molar-refractivity contribution in [1.82, 2.24) is 10.7 Å². The van der Waals surface area contributed by atoms with E-state index in [9.17, 15) is 14.4 Å². The molecule has 9 nitrogen and oxygen atoms in total. The van der Waals surface area contributed by atoms with Crippen molar-refractivity contribution in [2.75, 3.05) is 19.0 Å². The second kappa shape index (κ2) is 11.7. The summed E-state index contributed by atoms with van der Waals surface area (Å²) in [5.74, 6) is -1.28. The van der Waals surface area contributed by atoms with Gasteiger partial charge in [0.05, 0.1) is 17.8 Å². The normalized spacial score (nSPS) is 10.6. The number of methoxy groups -OCH3 is 1. The summed E-state index contributed by atoms with van der Waals surface area (Å²) in [5, 5.41) is 8.96. The monoisotopic (exact) mass is 490 g/mol. The maximum atomic E-state index is 12.1. The van der Waals surface area contributed by atoms with Crippen LogP contribution in [0.3, 0.4) is 0 Å². The van der Waals surface area contributed by atoms with Gasteiger partial charge in [0.2, 0.25) is 0 Å². The van der Waals surface area contributed by atoms with Crippen molar-refractivity contribution in [1.29, 1.82) is 0 Å². The lowest BCUT2D eigenvalue weighted by molar-refractivity contribution is -0.139. The molecule has 0 saturated carbocycles. The Bertz CT molecular complexity index is 964. The van der Waals surface area contributed by atoms with Crippen LogP contribution in [-0.2, 0) is 14.4 Å². The average Bonchev–Trinajstić information content (AvgIpc) is 2.72. The summed E-state index contributed by atoms with van der Waals surface area (Å²) in [6.07, 6.45) is 1.35.